The lowest BCUT2D eigenvalue weighted by molar-refractivity contribution is -0.383. The molecule has 1 saturated carbocycles. The third-order valence-corrected chi connectivity index (χ3v) is 7.70. The highest BCUT2D eigenvalue weighted by Crippen LogP contribution is 2.60. The molecule has 0 aromatic heterocycles. The molecule has 0 radical (unpaired) electrons. The highest BCUT2D eigenvalue weighted by Gasteiger charge is 2.65. The van der Waals surface area contributed by atoms with Crippen molar-refractivity contribution in [2.24, 2.45) is 16.7 Å². The van der Waals surface area contributed by atoms with Gasteiger partial charge in [0.15, 0.2) is 0 Å². The van der Waals surface area contributed by atoms with Crippen LogP contribution in [0.4, 0.5) is 11.4 Å². The Morgan fingerprint density at radius 3 is 2.42 bits per heavy atom. The van der Waals surface area contributed by atoms with E-state index in [9.17, 15) is 24.5 Å². The van der Waals surface area contributed by atoms with E-state index in [1.54, 1.807) is 6.07 Å². The first-order valence-electron chi connectivity index (χ1n) is 11.0. The Hall–Kier alpha value is -3.55. The molecular formula is C25H27N3O5. The van der Waals surface area contributed by atoms with Gasteiger partial charge in [0.05, 0.1) is 10.3 Å². The van der Waals surface area contributed by atoms with Gasteiger partial charge in [-0.05, 0) is 29.9 Å². The first-order chi connectivity index (χ1) is 15.6. The van der Waals surface area contributed by atoms with Crippen LogP contribution in [0.25, 0.3) is 0 Å². The van der Waals surface area contributed by atoms with Crippen molar-refractivity contribution in [2.75, 3.05) is 5.32 Å². The summed E-state index contributed by atoms with van der Waals surface area (Å²) in [5.41, 5.74) is -0.725. The first kappa shape index (κ1) is 22.6. The lowest BCUT2D eigenvalue weighted by atomic mass is 9.62. The van der Waals surface area contributed by atoms with Gasteiger partial charge in [0.2, 0.25) is 17.7 Å². The Balaban J connectivity index is 1.73. The molecule has 3 unspecified atom stereocenters. The number of anilines is 1. The number of piperidine rings is 1. The molecule has 1 N–H and O–H groups in total. The van der Waals surface area contributed by atoms with Crippen molar-refractivity contribution in [3.05, 3.63) is 70.3 Å². The molecule has 2 fully saturated rings. The van der Waals surface area contributed by atoms with Crippen LogP contribution in [-0.2, 0) is 20.8 Å². The number of carbonyl (C=O) groups excluding carboxylic acids is 3. The van der Waals surface area contributed by atoms with Crippen molar-refractivity contribution < 1.29 is 19.3 Å². The second-order valence-electron chi connectivity index (χ2n) is 9.63. The molecular weight excluding hydrogens is 422 g/mol. The normalized spacial score (nSPS) is 24.5. The smallest absolute Gasteiger partial charge is 0.292 e. The number of nitrogens with one attached hydrogen (secondary N) is 1. The molecule has 2 aliphatic rings. The van der Waals surface area contributed by atoms with Gasteiger partial charge in [-0.2, -0.15) is 0 Å². The topological polar surface area (TPSA) is 110 Å². The van der Waals surface area contributed by atoms with Crippen molar-refractivity contribution in [2.45, 2.75) is 46.1 Å². The number of fused-ring (bicyclic) bond motifs is 2. The fourth-order valence-corrected chi connectivity index (χ4v) is 5.24. The molecule has 1 aliphatic heterocycles. The second-order valence-corrected chi connectivity index (χ2v) is 9.63. The van der Waals surface area contributed by atoms with Crippen LogP contribution in [0.15, 0.2) is 54.6 Å². The number of nitro benzene ring substituents is 1. The number of amides is 3. The van der Waals surface area contributed by atoms with Crippen LogP contribution >= 0.6 is 0 Å². The number of carbonyl (C=O) groups is 3. The summed E-state index contributed by atoms with van der Waals surface area (Å²) in [4.78, 5) is 52.7. The second kappa shape index (κ2) is 8.10. The SMILES string of the molecule is CC12CCC(C(=O)N(C(Cc3ccccc3)C(=O)Nc3ccccc3[N+](=O)[O-])C1=O)C2(C)C. The van der Waals surface area contributed by atoms with E-state index in [0.717, 1.165) is 10.5 Å². The van der Waals surface area contributed by atoms with E-state index in [-0.39, 0.29) is 35.5 Å². The van der Waals surface area contributed by atoms with Crippen LogP contribution in [-0.4, -0.2) is 33.6 Å². The van der Waals surface area contributed by atoms with Gasteiger partial charge in [-0.15, -0.1) is 0 Å². The monoisotopic (exact) mass is 449 g/mol. The van der Waals surface area contributed by atoms with Crippen LogP contribution in [0.2, 0.25) is 0 Å². The fourth-order valence-electron chi connectivity index (χ4n) is 5.24. The molecule has 1 saturated heterocycles. The molecule has 2 aromatic carbocycles. The van der Waals surface area contributed by atoms with Gasteiger partial charge in [0.25, 0.3) is 5.69 Å². The van der Waals surface area contributed by atoms with Gasteiger partial charge in [-0.1, -0.05) is 63.2 Å². The van der Waals surface area contributed by atoms with Crippen LogP contribution in [0.3, 0.4) is 0 Å². The number of imide groups is 1. The fraction of sp³-hybridized carbons (Fsp3) is 0.400. The number of benzene rings is 2. The molecule has 8 heteroatoms. The molecule has 4 rings (SSSR count). The van der Waals surface area contributed by atoms with E-state index >= 15 is 0 Å². The predicted molar refractivity (Wildman–Crippen MR) is 122 cm³/mol. The lowest BCUT2D eigenvalue weighted by Crippen LogP contribution is -2.64. The molecule has 172 valence electrons. The standard InChI is InChI=1S/C25H27N3O5/c1-24(2)17-13-14-25(24,3)23(31)27(22(17)30)20(15-16-9-5-4-6-10-16)21(29)26-18-11-7-8-12-19(18)28(32)33/h4-12,17,20H,13-15H2,1-3H3,(H,26,29). The van der Waals surface area contributed by atoms with Gasteiger partial charge in [-0.25, -0.2) is 0 Å². The maximum atomic E-state index is 13.7. The van der Waals surface area contributed by atoms with Gasteiger partial charge in [-0.3, -0.25) is 29.4 Å². The van der Waals surface area contributed by atoms with Gasteiger partial charge in [0, 0.05) is 18.4 Å². The number of nitrogens with zero attached hydrogens (tertiary/aromatic N) is 2. The predicted octanol–water partition coefficient (Wildman–Crippen LogP) is 3.96. The molecule has 3 atom stereocenters. The van der Waals surface area contributed by atoms with Gasteiger partial charge in [0.1, 0.15) is 11.7 Å². The van der Waals surface area contributed by atoms with Crippen LogP contribution < -0.4 is 5.32 Å². The molecule has 0 spiro atoms. The van der Waals surface area contributed by atoms with Gasteiger partial charge >= 0.3 is 0 Å². The van der Waals surface area contributed by atoms with Crippen LogP contribution in [0.1, 0.15) is 39.2 Å². The van der Waals surface area contributed by atoms with Crippen molar-refractivity contribution in [3.8, 4) is 0 Å². The summed E-state index contributed by atoms with van der Waals surface area (Å²) in [6.07, 6.45) is 1.29. The number of hydrogen-bond donors (Lipinski definition) is 1. The summed E-state index contributed by atoms with van der Waals surface area (Å²) >= 11 is 0. The minimum atomic E-state index is -1.12. The molecule has 1 heterocycles. The van der Waals surface area contributed by atoms with Crippen molar-refractivity contribution in [3.63, 3.8) is 0 Å². The van der Waals surface area contributed by atoms with E-state index < -0.39 is 27.7 Å². The number of likely N-dealkylation sites (tertiary alicyclic amines) is 1. The quantitative estimate of drug-likeness (QED) is 0.408. The first-order valence-corrected chi connectivity index (χ1v) is 11.0. The minimum absolute atomic E-state index is 0.0250. The van der Waals surface area contributed by atoms with Crippen LogP contribution in [0, 0.1) is 26.9 Å². The maximum Gasteiger partial charge on any atom is 0.292 e. The highest BCUT2D eigenvalue weighted by molar-refractivity contribution is 6.09. The molecule has 3 amide bonds. The number of para-hydroxylation sites is 2. The Morgan fingerprint density at radius 1 is 1.12 bits per heavy atom. The van der Waals surface area contributed by atoms with Crippen molar-refractivity contribution >= 4 is 29.1 Å². The zero-order chi connectivity index (χ0) is 24.0. The largest absolute Gasteiger partial charge is 0.319 e. The minimum Gasteiger partial charge on any atom is -0.319 e. The number of hydrogen-bond acceptors (Lipinski definition) is 5. The lowest BCUT2D eigenvalue weighted by Gasteiger charge is -2.49. The molecule has 8 nitrogen and oxygen atoms in total. The van der Waals surface area contributed by atoms with Crippen molar-refractivity contribution in [1.29, 1.82) is 0 Å². The zero-order valence-electron chi connectivity index (χ0n) is 18.9. The summed E-state index contributed by atoms with van der Waals surface area (Å²) in [7, 11) is 0. The molecule has 2 aromatic rings. The average Bonchev–Trinajstić information content (AvgIpc) is 2.97. The zero-order valence-corrected chi connectivity index (χ0v) is 18.9. The van der Waals surface area contributed by atoms with Gasteiger partial charge < -0.3 is 5.32 Å². The molecule has 33 heavy (non-hydrogen) atoms. The summed E-state index contributed by atoms with van der Waals surface area (Å²) in [6, 6.07) is 13.8. The van der Waals surface area contributed by atoms with E-state index in [1.807, 2.05) is 51.1 Å². The Bertz CT molecular complexity index is 1130. The third-order valence-electron chi connectivity index (χ3n) is 7.70. The van der Waals surface area contributed by atoms with E-state index in [2.05, 4.69) is 5.32 Å². The Morgan fingerprint density at radius 2 is 1.76 bits per heavy atom. The summed E-state index contributed by atoms with van der Waals surface area (Å²) in [5.74, 6) is -1.70. The third kappa shape index (κ3) is 3.59. The Labute approximate surface area is 192 Å². The number of rotatable bonds is 6. The average molecular weight is 450 g/mol. The van der Waals surface area contributed by atoms with Crippen LogP contribution in [0.5, 0.6) is 0 Å². The highest BCUT2D eigenvalue weighted by atomic mass is 16.6. The van der Waals surface area contributed by atoms with E-state index in [4.69, 9.17) is 0 Å². The van der Waals surface area contributed by atoms with Crippen molar-refractivity contribution in [1.82, 2.24) is 4.90 Å². The summed E-state index contributed by atoms with van der Waals surface area (Å²) < 4.78 is 0. The number of nitro groups is 1. The summed E-state index contributed by atoms with van der Waals surface area (Å²) in [6.45, 7) is 5.75. The molecule has 1 aliphatic carbocycles. The molecule has 2 bridgehead atoms. The Kier molecular flexibility index (Phi) is 5.56. The van der Waals surface area contributed by atoms with E-state index in [1.165, 1.54) is 18.2 Å². The summed E-state index contributed by atoms with van der Waals surface area (Å²) in [5, 5.41) is 14.0. The van der Waals surface area contributed by atoms with E-state index in [0.29, 0.717) is 12.8 Å². The maximum absolute atomic E-state index is 13.7.